The minimum absolute atomic E-state index is 0.000342. The second-order valence-corrected chi connectivity index (χ2v) is 7.40. The van der Waals surface area contributed by atoms with Crippen LogP contribution in [0.2, 0.25) is 0 Å². The Morgan fingerprint density at radius 2 is 1.76 bits per heavy atom. The van der Waals surface area contributed by atoms with Gasteiger partial charge in [0.25, 0.3) is 5.91 Å². The first kappa shape index (κ1) is 19.5. The van der Waals surface area contributed by atoms with Gasteiger partial charge in [0, 0.05) is 18.2 Å². The molecule has 0 aliphatic heterocycles. The normalized spacial score (nSPS) is 16.5. The number of hydrogen-bond acceptors (Lipinski definition) is 2. The molecule has 0 bridgehead atoms. The van der Waals surface area contributed by atoms with Crippen molar-refractivity contribution in [1.82, 2.24) is 10.2 Å². The molecule has 1 aromatic rings. The molecule has 1 N–H and O–H groups in total. The number of nitrogens with zero attached hydrogens (tertiary/aromatic N) is 1. The fourth-order valence-electron chi connectivity index (χ4n) is 3.69. The van der Waals surface area contributed by atoms with Crippen molar-refractivity contribution >= 4 is 11.8 Å². The molecule has 1 aliphatic carbocycles. The standard InChI is InChI=1S/C21H32N2O2/c1-4-15-23(21(25)17-11-7-5-8-12-17)19(16(2)3)20(24)22-18-13-9-6-10-14-18/h5,7-8,11-12,16,18-19H,4,6,9-10,13-15H2,1-3H3,(H,22,24)/t19-/m1/s1. The first-order valence-corrected chi connectivity index (χ1v) is 9.71. The van der Waals surface area contributed by atoms with Gasteiger partial charge in [0.15, 0.2) is 0 Å². The molecule has 0 unspecified atom stereocenters. The highest BCUT2D eigenvalue weighted by molar-refractivity contribution is 5.97. The summed E-state index contributed by atoms with van der Waals surface area (Å²) in [5.74, 6) is 0.0161. The summed E-state index contributed by atoms with van der Waals surface area (Å²) in [4.78, 5) is 27.8. The Labute approximate surface area is 152 Å². The lowest BCUT2D eigenvalue weighted by Crippen LogP contribution is -2.54. The first-order chi connectivity index (χ1) is 12.0. The van der Waals surface area contributed by atoms with Crippen molar-refractivity contribution in [3.05, 3.63) is 35.9 Å². The lowest BCUT2D eigenvalue weighted by Gasteiger charge is -2.35. The van der Waals surface area contributed by atoms with Gasteiger partial charge in [-0.2, -0.15) is 0 Å². The molecule has 0 heterocycles. The number of benzene rings is 1. The maximum atomic E-state index is 13.0. The molecule has 4 heteroatoms. The number of rotatable bonds is 7. The zero-order chi connectivity index (χ0) is 18.2. The Morgan fingerprint density at radius 1 is 1.12 bits per heavy atom. The van der Waals surface area contributed by atoms with Crippen LogP contribution in [0.4, 0.5) is 0 Å². The lowest BCUT2D eigenvalue weighted by atomic mass is 9.94. The van der Waals surface area contributed by atoms with Crippen LogP contribution in [-0.2, 0) is 4.79 Å². The molecule has 0 aromatic heterocycles. The van der Waals surface area contributed by atoms with Crippen LogP contribution in [0.25, 0.3) is 0 Å². The molecule has 1 fully saturated rings. The summed E-state index contributed by atoms with van der Waals surface area (Å²) in [7, 11) is 0. The third kappa shape index (κ3) is 5.32. The summed E-state index contributed by atoms with van der Waals surface area (Å²) in [6, 6.07) is 9.11. The van der Waals surface area contributed by atoms with Crippen molar-refractivity contribution < 1.29 is 9.59 Å². The van der Waals surface area contributed by atoms with E-state index >= 15 is 0 Å². The molecule has 0 radical (unpaired) electrons. The van der Waals surface area contributed by atoms with Crippen LogP contribution in [0.3, 0.4) is 0 Å². The van der Waals surface area contributed by atoms with Crippen LogP contribution < -0.4 is 5.32 Å². The number of carbonyl (C=O) groups is 2. The molecular weight excluding hydrogens is 312 g/mol. The fourth-order valence-corrected chi connectivity index (χ4v) is 3.69. The zero-order valence-electron chi connectivity index (χ0n) is 15.8. The molecule has 1 atom stereocenters. The van der Waals surface area contributed by atoms with Crippen molar-refractivity contribution in [3.8, 4) is 0 Å². The lowest BCUT2D eigenvalue weighted by molar-refractivity contribution is -0.128. The van der Waals surface area contributed by atoms with Crippen molar-refractivity contribution in [1.29, 1.82) is 0 Å². The van der Waals surface area contributed by atoms with Crippen LogP contribution in [-0.4, -0.2) is 35.3 Å². The van der Waals surface area contributed by atoms with Crippen LogP contribution >= 0.6 is 0 Å². The van der Waals surface area contributed by atoms with Gasteiger partial charge in [0.2, 0.25) is 5.91 Å². The number of carbonyl (C=O) groups excluding carboxylic acids is 2. The van der Waals surface area contributed by atoms with Crippen LogP contribution in [0.1, 0.15) is 69.7 Å². The Morgan fingerprint density at radius 3 is 2.32 bits per heavy atom. The summed E-state index contributed by atoms with van der Waals surface area (Å²) in [5, 5.41) is 3.21. The average molecular weight is 344 g/mol. The Bertz CT molecular complexity index is 550. The largest absolute Gasteiger partial charge is 0.352 e. The van der Waals surface area contributed by atoms with Gasteiger partial charge in [0.1, 0.15) is 6.04 Å². The van der Waals surface area contributed by atoms with Crippen molar-refractivity contribution in [2.24, 2.45) is 5.92 Å². The van der Waals surface area contributed by atoms with Crippen LogP contribution in [0, 0.1) is 5.92 Å². The summed E-state index contributed by atoms with van der Waals surface area (Å²) < 4.78 is 0. The second-order valence-electron chi connectivity index (χ2n) is 7.40. The smallest absolute Gasteiger partial charge is 0.254 e. The van der Waals surface area contributed by atoms with E-state index in [1.54, 1.807) is 4.90 Å². The third-order valence-corrected chi connectivity index (χ3v) is 4.93. The van der Waals surface area contributed by atoms with Gasteiger partial charge >= 0.3 is 0 Å². The van der Waals surface area contributed by atoms with E-state index in [1.807, 2.05) is 51.1 Å². The molecule has 2 amide bonds. The summed E-state index contributed by atoms with van der Waals surface area (Å²) in [6.07, 6.45) is 6.55. The van der Waals surface area contributed by atoms with E-state index < -0.39 is 6.04 Å². The molecule has 1 aromatic carbocycles. The molecule has 0 saturated heterocycles. The quantitative estimate of drug-likeness (QED) is 0.812. The molecular formula is C21H32N2O2. The first-order valence-electron chi connectivity index (χ1n) is 9.71. The molecule has 138 valence electrons. The van der Waals surface area contributed by atoms with E-state index in [-0.39, 0.29) is 23.8 Å². The van der Waals surface area contributed by atoms with Gasteiger partial charge in [-0.15, -0.1) is 0 Å². The number of hydrogen-bond donors (Lipinski definition) is 1. The monoisotopic (exact) mass is 344 g/mol. The maximum Gasteiger partial charge on any atom is 0.254 e. The summed E-state index contributed by atoms with van der Waals surface area (Å²) in [5.41, 5.74) is 0.645. The van der Waals surface area contributed by atoms with Crippen LogP contribution in [0.5, 0.6) is 0 Å². The minimum Gasteiger partial charge on any atom is -0.352 e. The van der Waals surface area contributed by atoms with E-state index in [4.69, 9.17) is 0 Å². The van der Waals surface area contributed by atoms with Crippen molar-refractivity contribution in [3.63, 3.8) is 0 Å². The molecule has 1 saturated carbocycles. The predicted molar refractivity (Wildman–Crippen MR) is 101 cm³/mol. The SMILES string of the molecule is CCCN(C(=O)c1ccccc1)[C@@H](C(=O)NC1CCCCC1)C(C)C. The molecule has 1 aliphatic rings. The zero-order valence-corrected chi connectivity index (χ0v) is 15.8. The van der Waals surface area contributed by atoms with E-state index in [1.165, 1.54) is 19.3 Å². The van der Waals surface area contributed by atoms with Gasteiger partial charge in [-0.3, -0.25) is 9.59 Å². The Kier molecular flexibility index (Phi) is 7.48. The summed E-state index contributed by atoms with van der Waals surface area (Å²) in [6.45, 7) is 6.68. The number of amides is 2. The van der Waals surface area contributed by atoms with Gasteiger partial charge in [0.05, 0.1) is 0 Å². The average Bonchev–Trinajstić information content (AvgIpc) is 2.62. The van der Waals surface area contributed by atoms with Crippen molar-refractivity contribution in [2.75, 3.05) is 6.54 Å². The van der Waals surface area contributed by atoms with Gasteiger partial charge in [-0.1, -0.05) is 58.2 Å². The van der Waals surface area contributed by atoms with Gasteiger partial charge in [-0.25, -0.2) is 0 Å². The Hall–Kier alpha value is -1.84. The fraction of sp³-hybridized carbons (Fsp3) is 0.619. The highest BCUT2D eigenvalue weighted by Crippen LogP contribution is 2.20. The van der Waals surface area contributed by atoms with Gasteiger partial charge in [-0.05, 0) is 37.3 Å². The topological polar surface area (TPSA) is 49.4 Å². The van der Waals surface area contributed by atoms with E-state index in [0.29, 0.717) is 12.1 Å². The van der Waals surface area contributed by atoms with E-state index in [9.17, 15) is 9.59 Å². The van der Waals surface area contributed by atoms with E-state index in [0.717, 1.165) is 19.3 Å². The molecule has 2 rings (SSSR count). The predicted octanol–water partition coefficient (Wildman–Crippen LogP) is 4.01. The Balaban J connectivity index is 2.17. The highest BCUT2D eigenvalue weighted by atomic mass is 16.2. The van der Waals surface area contributed by atoms with Gasteiger partial charge < -0.3 is 10.2 Å². The molecule has 4 nitrogen and oxygen atoms in total. The summed E-state index contributed by atoms with van der Waals surface area (Å²) >= 11 is 0. The van der Waals surface area contributed by atoms with Crippen LogP contribution in [0.15, 0.2) is 30.3 Å². The molecule has 25 heavy (non-hydrogen) atoms. The maximum absolute atomic E-state index is 13.0. The van der Waals surface area contributed by atoms with E-state index in [2.05, 4.69) is 5.32 Å². The van der Waals surface area contributed by atoms with Crippen molar-refractivity contribution in [2.45, 2.75) is 71.4 Å². The third-order valence-electron chi connectivity index (χ3n) is 4.93. The minimum atomic E-state index is -0.422. The second kappa shape index (κ2) is 9.59. The number of nitrogens with one attached hydrogen (secondary N) is 1. The molecule has 0 spiro atoms. The highest BCUT2D eigenvalue weighted by Gasteiger charge is 2.33.